The molecule has 12 heavy (non-hydrogen) atoms. The molecule has 0 fully saturated rings. The molecule has 1 heterocycles. The lowest BCUT2D eigenvalue weighted by Gasteiger charge is -1.87. The molecule has 1 N–H and O–H groups in total. The van der Waals surface area contributed by atoms with Crippen molar-refractivity contribution >= 4 is 29.0 Å². The fraction of sp³-hybridized carbons (Fsp3) is 0. The number of oxazole rings is 1. The Morgan fingerprint density at radius 2 is 2.33 bits per heavy atom. The van der Waals surface area contributed by atoms with Gasteiger partial charge in [-0.15, -0.1) is 4.91 Å². The summed E-state index contributed by atoms with van der Waals surface area (Å²) in [6.07, 6.45) is 0. The predicted molar refractivity (Wildman–Crippen MR) is 46.9 cm³/mol. The number of nitrogens with one attached hydrogen (secondary N) is 1. The van der Waals surface area contributed by atoms with E-state index >= 15 is 0 Å². The lowest BCUT2D eigenvalue weighted by atomic mass is 10.3. The molecular weight excluding hydrogens is 176 g/mol. The van der Waals surface area contributed by atoms with E-state index in [2.05, 4.69) is 10.2 Å². The van der Waals surface area contributed by atoms with Gasteiger partial charge < -0.3 is 9.40 Å². The van der Waals surface area contributed by atoms with E-state index in [-0.39, 0.29) is 4.84 Å². The predicted octanol–water partition coefficient (Wildman–Crippen LogP) is 2.89. The van der Waals surface area contributed by atoms with E-state index in [4.69, 9.17) is 16.6 Å². The van der Waals surface area contributed by atoms with Gasteiger partial charge in [0.2, 0.25) is 0 Å². The second-order valence-electron chi connectivity index (χ2n) is 2.26. The van der Waals surface area contributed by atoms with Crippen LogP contribution in [0.15, 0.2) is 27.8 Å². The molecular formula is C7H4N2O2S. The van der Waals surface area contributed by atoms with Crippen molar-refractivity contribution in [2.24, 2.45) is 5.18 Å². The molecule has 2 rings (SSSR count). The molecule has 0 aliphatic carbocycles. The Labute approximate surface area is 72.2 Å². The maximum atomic E-state index is 10.3. The summed E-state index contributed by atoms with van der Waals surface area (Å²) in [6, 6.07) is 5.00. The minimum atomic E-state index is 0.251. The molecule has 5 heteroatoms. The second-order valence-corrected chi connectivity index (χ2v) is 2.63. The first-order chi connectivity index (χ1) is 5.81. The molecule has 0 unspecified atom stereocenters. The van der Waals surface area contributed by atoms with Crippen molar-refractivity contribution in [3.63, 3.8) is 0 Å². The van der Waals surface area contributed by atoms with Gasteiger partial charge in [0.25, 0.3) is 4.84 Å². The number of rotatable bonds is 1. The number of H-pyrrole nitrogens is 1. The fourth-order valence-electron chi connectivity index (χ4n) is 1.03. The topological polar surface area (TPSA) is 58.4 Å². The molecule has 0 saturated heterocycles. The average molecular weight is 180 g/mol. The Kier molecular flexibility index (Phi) is 1.51. The maximum Gasteiger partial charge on any atom is 0.266 e. The van der Waals surface area contributed by atoms with Gasteiger partial charge in [-0.05, 0) is 29.5 Å². The minimum absolute atomic E-state index is 0.251. The van der Waals surface area contributed by atoms with Crippen LogP contribution >= 0.6 is 12.2 Å². The minimum Gasteiger partial charge on any atom is -0.429 e. The summed E-state index contributed by atoms with van der Waals surface area (Å²) in [5.74, 6) is 0. The monoisotopic (exact) mass is 180 g/mol. The van der Waals surface area contributed by atoms with Gasteiger partial charge in [0.15, 0.2) is 5.58 Å². The molecule has 1 aromatic heterocycles. The third-order valence-electron chi connectivity index (χ3n) is 1.53. The highest BCUT2D eigenvalue weighted by molar-refractivity contribution is 7.71. The summed E-state index contributed by atoms with van der Waals surface area (Å²) in [5, 5.41) is 2.82. The van der Waals surface area contributed by atoms with Crippen molar-refractivity contribution in [2.45, 2.75) is 0 Å². The molecule has 0 aliphatic heterocycles. The number of nitrogens with zero attached hydrogens (tertiary/aromatic N) is 1. The van der Waals surface area contributed by atoms with Crippen molar-refractivity contribution in [2.75, 3.05) is 0 Å². The van der Waals surface area contributed by atoms with Crippen LogP contribution < -0.4 is 0 Å². The largest absolute Gasteiger partial charge is 0.429 e. The van der Waals surface area contributed by atoms with Gasteiger partial charge in [0, 0.05) is 0 Å². The highest BCUT2D eigenvalue weighted by Crippen LogP contribution is 2.24. The SMILES string of the molecule is O=Nc1cccc2oc(=S)[nH]c12. The first-order valence-corrected chi connectivity index (χ1v) is 3.67. The van der Waals surface area contributed by atoms with Crippen molar-refractivity contribution in [3.05, 3.63) is 27.9 Å². The highest BCUT2D eigenvalue weighted by atomic mass is 32.1. The average Bonchev–Trinajstić information content (AvgIpc) is 2.44. The smallest absolute Gasteiger partial charge is 0.266 e. The van der Waals surface area contributed by atoms with E-state index in [0.29, 0.717) is 16.8 Å². The summed E-state index contributed by atoms with van der Waals surface area (Å²) in [5.41, 5.74) is 1.42. The molecule has 0 spiro atoms. The van der Waals surface area contributed by atoms with Crippen LogP contribution in [0.4, 0.5) is 5.69 Å². The van der Waals surface area contributed by atoms with Crippen LogP contribution in [-0.4, -0.2) is 4.98 Å². The molecule has 60 valence electrons. The zero-order chi connectivity index (χ0) is 8.55. The summed E-state index contributed by atoms with van der Waals surface area (Å²) < 4.78 is 5.07. The summed E-state index contributed by atoms with van der Waals surface area (Å²) in [6.45, 7) is 0. The van der Waals surface area contributed by atoms with Crippen LogP contribution in [0.3, 0.4) is 0 Å². The third kappa shape index (κ3) is 0.947. The van der Waals surface area contributed by atoms with Crippen molar-refractivity contribution in [1.29, 1.82) is 0 Å². The number of benzene rings is 1. The van der Waals surface area contributed by atoms with Crippen LogP contribution in [0.25, 0.3) is 11.1 Å². The molecule has 4 nitrogen and oxygen atoms in total. The van der Waals surface area contributed by atoms with Gasteiger partial charge >= 0.3 is 0 Å². The number of fused-ring (bicyclic) bond motifs is 1. The lowest BCUT2D eigenvalue weighted by Crippen LogP contribution is -1.67. The molecule has 0 aliphatic rings. The molecule has 0 atom stereocenters. The van der Waals surface area contributed by atoms with Crippen LogP contribution in [0.5, 0.6) is 0 Å². The van der Waals surface area contributed by atoms with E-state index in [1.807, 2.05) is 0 Å². The van der Waals surface area contributed by atoms with Gasteiger partial charge in [-0.1, -0.05) is 6.07 Å². The zero-order valence-corrected chi connectivity index (χ0v) is 6.72. The van der Waals surface area contributed by atoms with E-state index in [0.717, 1.165) is 0 Å². The van der Waals surface area contributed by atoms with E-state index in [1.54, 1.807) is 18.2 Å². The second kappa shape index (κ2) is 2.53. The van der Waals surface area contributed by atoms with Crippen molar-refractivity contribution in [3.8, 4) is 0 Å². The van der Waals surface area contributed by atoms with Gasteiger partial charge in [-0.2, -0.15) is 0 Å². The Bertz CT molecular complexity index is 485. The summed E-state index contributed by atoms with van der Waals surface area (Å²) in [7, 11) is 0. The van der Waals surface area contributed by atoms with E-state index in [1.165, 1.54) is 0 Å². The lowest BCUT2D eigenvalue weighted by molar-refractivity contribution is 0.583. The van der Waals surface area contributed by atoms with E-state index in [9.17, 15) is 4.91 Å². The number of aromatic nitrogens is 1. The number of hydrogen-bond donors (Lipinski definition) is 1. The Morgan fingerprint density at radius 1 is 1.50 bits per heavy atom. The number of hydrogen-bond acceptors (Lipinski definition) is 4. The Balaban J connectivity index is 2.96. The maximum absolute atomic E-state index is 10.3. The van der Waals surface area contributed by atoms with E-state index < -0.39 is 0 Å². The molecule has 0 bridgehead atoms. The van der Waals surface area contributed by atoms with Crippen LogP contribution in [0.1, 0.15) is 0 Å². The Hall–Kier alpha value is -1.49. The summed E-state index contributed by atoms with van der Waals surface area (Å²) >= 11 is 4.75. The number of para-hydroxylation sites is 1. The van der Waals surface area contributed by atoms with Crippen molar-refractivity contribution in [1.82, 2.24) is 4.98 Å². The normalized spacial score (nSPS) is 10.3. The van der Waals surface area contributed by atoms with Crippen LogP contribution in [0.2, 0.25) is 0 Å². The summed E-state index contributed by atoms with van der Waals surface area (Å²) in [4.78, 5) is 13.3. The van der Waals surface area contributed by atoms with Crippen LogP contribution in [0, 0.1) is 9.74 Å². The third-order valence-corrected chi connectivity index (χ3v) is 1.72. The quantitative estimate of drug-likeness (QED) is 0.542. The first kappa shape index (κ1) is 7.17. The molecule has 0 saturated carbocycles. The van der Waals surface area contributed by atoms with Crippen LogP contribution in [-0.2, 0) is 0 Å². The molecule has 0 radical (unpaired) electrons. The highest BCUT2D eigenvalue weighted by Gasteiger charge is 2.03. The number of aromatic amines is 1. The first-order valence-electron chi connectivity index (χ1n) is 3.26. The van der Waals surface area contributed by atoms with Gasteiger partial charge in [-0.3, -0.25) is 0 Å². The zero-order valence-electron chi connectivity index (χ0n) is 5.90. The van der Waals surface area contributed by atoms with Crippen molar-refractivity contribution < 1.29 is 4.42 Å². The number of nitroso groups, excluding NO2 is 1. The fourth-order valence-corrected chi connectivity index (χ4v) is 1.23. The van der Waals surface area contributed by atoms with Gasteiger partial charge in [0.05, 0.1) is 0 Å². The molecule has 2 aromatic rings. The molecule has 1 aromatic carbocycles. The van der Waals surface area contributed by atoms with Gasteiger partial charge in [-0.25, -0.2) is 0 Å². The standard InChI is InChI=1S/C7H4N2O2S/c10-9-4-2-1-3-5-6(4)8-7(12)11-5/h1-3H,(H,8,12). The van der Waals surface area contributed by atoms with Gasteiger partial charge in [0.1, 0.15) is 11.2 Å². The molecule has 0 amide bonds. The Morgan fingerprint density at radius 3 is 3.08 bits per heavy atom.